The van der Waals surface area contributed by atoms with Crippen LogP contribution in [0.1, 0.15) is 5.56 Å². The highest BCUT2D eigenvalue weighted by molar-refractivity contribution is 6.01. The van der Waals surface area contributed by atoms with Gasteiger partial charge in [0.15, 0.2) is 0 Å². The van der Waals surface area contributed by atoms with Crippen molar-refractivity contribution in [3.05, 3.63) is 54.1 Å². The normalized spacial score (nSPS) is 13.7. The van der Waals surface area contributed by atoms with Gasteiger partial charge >= 0.3 is 0 Å². The molecule has 1 aliphatic heterocycles. The first kappa shape index (κ1) is 12.5. The topological polar surface area (TPSA) is 41.6 Å². The summed E-state index contributed by atoms with van der Waals surface area (Å²) in [7, 11) is 1.65. The number of carbonyl (C=O) groups is 1. The number of rotatable bonds is 3. The lowest BCUT2D eigenvalue weighted by molar-refractivity contribution is -0.115. The van der Waals surface area contributed by atoms with Crippen LogP contribution in [0.4, 0.5) is 11.4 Å². The number of methoxy groups -OCH3 is 1. The molecular weight excluding hydrogens is 252 g/mol. The lowest BCUT2D eigenvalue weighted by Gasteiger charge is -2.30. The number of nitrogens with zero attached hydrogens (tertiary/aromatic N) is 1. The second kappa shape index (κ2) is 5.25. The molecule has 0 saturated heterocycles. The zero-order valence-electron chi connectivity index (χ0n) is 11.3. The van der Waals surface area contributed by atoms with Crippen LogP contribution in [0.5, 0.6) is 5.75 Å². The Morgan fingerprint density at radius 2 is 1.90 bits per heavy atom. The van der Waals surface area contributed by atoms with Crippen LogP contribution in [-0.2, 0) is 11.3 Å². The SMILES string of the molecule is COc1ccc(CN2CC(=O)Nc3ccccc32)cc1. The summed E-state index contributed by atoms with van der Waals surface area (Å²) in [4.78, 5) is 13.8. The molecule has 1 heterocycles. The van der Waals surface area contributed by atoms with Crippen molar-refractivity contribution in [1.82, 2.24) is 0 Å². The Morgan fingerprint density at radius 3 is 2.65 bits per heavy atom. The molecule has 1 N–H and O–H groups in total. The largest absolute Gasteiger partial charge is 0.497 e. The van der Waals surface area contributed by atoms with Gasteiger partial charge in [-0.1, -0.05) is 24.3 Å². The Hall–Kier alpha value is -2.49. The predicted octanol–water partition coefficient (Wildman–Crippen LogP) is 2.65. The van der Waals surface area contributed by atoms with Gasteiger partial charge < -0.3 is 15.0 Å². The number of fused-ring (bicyclic) bond motifs is 1. The molecular formula is C16H16N2O2. The maximum absolute atomic E-state index is 11.8. The summed E-state index contributed by atoms with van der Waals surface area (Å²) in [5.74, 6) is 0.864. The molecule has 0 aliphatic carbocycles. The van der Waals surface area contributed by atoms with E-state index >= 15 is 0 Å². The molecule has 4 nitrogen and oxygen atoms in total. The number of hydrogen-bond donors (Lipinski definition) is 1. The van der Waals surface area contributed by atoms with Gasteiger partial charge in [-0.2, -0.15) is 0 Å². The molecule has 0 aromatic heterocycles. The standard InChI is InChI=1S/C16H16N2O2/c1-20-13-8-6-12(7-9-13)10-18-11-16(19)17-14-4-2-3-5-15(14)18/h2-9H,10-11H2,1H3,(H,17,19). The van der Waals surface area contributed by atoms with Crippen molar-refractivity contribution in [3.8, 4) is 5.75 Å². The van der Waals surface area contributed by atoms with E-state index in [0.29, 0.717) is 13.1 Å². The fourth-order valence-electron chi connectivity index (χ4n) is 2.40. The highest BCUT2D eigenvalue weighted by Gasteiger charge is 2.21. The monoisotopic (exact) mass is 268 g/mol. The second-order valence-electron chi connectivity index (χ2n) is 4.77. The lowest BCUT2D eigenvalue weighted by atomic mass is 10.1. The van der Waals surface area contributed by atoms with Crippen molar-refractivity contribution in [3.63, 3.8) is 0 Å². The smallest absolute Gasteiger partial charge is 0.243 e. The van der Waals surface area contributed by atoms with Crippen molar-refractivity contribution in [1.29, 1.82) is 0 Å². The Bertz CT molecular complexity index is 623. The third kappa shape index (κ3) is 2.45. The number of para-hydroxylation sites is 2. The molecule has 0 unspecified atom stereocenters. The minimum absolute atomic E-state index is 0.0252. The molecule has 1 amide bonds. The molecule has 0 bridgehead atoms. The van der Waals surface area contributed by atoms with Gasteiger partial charge in [-0.25, -0.2) is 0 Å². The van der Waals surface area contributed by atoms with Crippen LogP contribution < -0.4 is 15.0 Å². The predicted molar refractivity (Wildman–Crippen MR) is 79.1 cm³/mol. The number of carbonyl (C=O) groups excluding carboxylic acids is 1. The first-order valence-corrected chi connectivity index (χ1v) is 6.53. The quantitative estimate of drug-likeness (QED) is 0.930. The minimum atomic E-state index is 0.0252. The van der Waals surface area contributed by atoms with Crippen molar-refractivity contribution in [2.24, 2.45) is 0 Å². The molecule has 0 saturated carbocycles. The fraction of sp³-hybridized carbons (Fsp3) is 0.188. The average Bonchev–Trinajstić information content (AvgIpc) is 2.48. The Morgan fingerprint density at radius 1 is 1.15 bits per heavy atom. The number of benzene rings is 2. The molecule has 1 aliphatic rings. The molecule has 2 aromatic carbocycles. The van der Waals surface area contributed by atoms with Crippen molar-refractivity contribution in [2.45, 2.75) is 6.54 Å². The Balaban J connectivity index is 1.85. The van der Waals surface area contributed by atoms with Crippen LogP contribution in [0.3, 0.4) is 0 Å². The highest BCUT2D eigenvalue weighted by Crippen LogP contribution is 2.30. The number of hydrogen-bond acceptors (Lipinski definition) is 3. The molecule has 2 aromatic rings. The van der Waals surface area contributed by atoms with Gasteiger partial charge in [0.05, 0.1) is 25.0 Å². The van der Waals surface area contributed by atoms with E-state index in [4.69, 9.17) is 4.74 Å². The van der Waals surface area contributed by atoms with E-state index in [-0.39, 0.29) is 5.91 Å². The molecule has 0 spiro atoms. The maximum atomic E-state index is 11.8. The van der Waals surface area contributed by atoms with Gasteiger partial charge in [0, 0.05) is 6.54 Å². The van der Waals surface area contributed by atoms with Crippen LogP contribution >= 0.6 is 0 Å². The molecule has 0 radical (unpaired) electrons. The van der Waals surface area contributed by atoms with Crippen LogP contribution in [-0.4, -0.2) is 19.6 Å². The molecule has 102 valence electrons. The van der Waals surface area contributed by atoms with Crippen LogP contribution in [0, 0.1) is 0 Å². The van der Waals surface area contributed by atoms with Gasteiger partial charge in [0.2, 0.25) is 5.91 Å². The fourth-order valence-corrected chi connectivity index (χ4v) is 2.40. The van der Waals surface area contributed by atoms with E-state index in [2.05, 4.69) is 10.2 Å². The second-order valence-corrected chi connectivity index (χ2v) is 4.77. The van der Waals surface area contributed by atoms with Gasteiger partial charge in [0.1, 0.15) is 5.75 Å². The van der Waals surface area contributed by atoms with Gasteiger partial charge in [0.25, 0.3) is 0 Å². The van der Waals surface area contributed by atoms with Crippen molar-refractivity contribution in [2.75, 3.05) is 23.9 Å². The molecule has 20 heavy (non-hydrogen) atoms. The van der Waals surface area contributed by atoms with Crippen LogP contribution in [0.15, 0.2) is 48.5 Å². The number of nitrogens with one attached hydrogen (secondary N) is 1. The molecule has 0 fully saturated rings. The summed E-state index contributed by atoms with van der Waals surface area (Å²) >= 11 is 0. The van der Waals surface area contributed by atoms with E-state index in [9.17, 15) is 4.79 Å². The first-order valence-electron chi connectivity index (χ1n) is 6.53. The minimum Gasteiger partial charge on any atom is -0.497 e. The van der Waals surface area contributed by atoms with E-state index in [0.717, 1.165) is 22.7 Å². The van der Waals surface area contributed by atoms with Gasteiger partial charge in [-0.05, 0) is 29.8 Å². The highest BCUT2D eigenvalue weighted by atomic mass is 16.5. The third-order valence-electron chi connectivity index (χ3n) is 3.39. The molecule has 0 atom stereocenters. The Labute approximate surface area is 118 Å². The summed E-state index contributed by atoms with van der Waals surface area (Å²) in [5.41, 5.74) is 3.08. The van der Waals surface area contributed by atoms with Crippen LogP contribution in [0.25, 0.3) is 0 Å². The first-order chi connectivity index (χ1) is 9.76. The van der Waals surface area contributed by atoms with E-state index in [1.54, 1.807) is 7.11 Å². The van der Waals surface area contributed by atoms with E-state index < -0.39 is 0 Å². The van der Waals surface area contributed by atoms with E-state index in [1.165, 1.54) is 0 Å². The summed E-state index contributed by atoms with van der Waals surface area (Å²) in [5, 5.41) is 2.89. The average molecular weight is 268 g/mol. The van der Waals surface area contributed by atoms with Crippen molar-refractivity contribution < 1.29 is 9.53 Å². The van der Waals surface area contributed by atoms with Gasteiger partial charge in [-0.15, -0.1) is 0 Å². The zero-order chi connectivity index (χ0) is 13.9. The van der Waals surface area contributed by atoms with E-state index in [1.807, 2.05) is 48.5 Å². The number of anilines is 2. The molecule has 3 rings (SSSR count). The Kier molecular flexibility index (Phi) is 3.29. The summed E-state index contributed by atoms with van der Waals surface area (Å²) < 4.78 is 5.15. The maximum Gasteiger partial charge on any atom is 0.243 e. The van der Waals surface area contributed by atoms with Crippen LogP contribution in [0.2, 0.25) is 0 Å². The summed E-state index contributed by atoms with van der Waals surface area (Å²) in [6.07, 6.45) is 0. The molecule has 4 heteroatoms. The number of amides is 1. The van der Waals surface area contributed by atoms with Crippen molar-refractivity contribution >= 4 is 17.3 Å². The third-order valence-corrected chi connectivity index (χ3v) is 3.39. The summed E-state index contributed by atoms with van der Waals surface area (Å²) in [6.45, 7) is 1.08. The number of ether oxygens (including phenoxy) is 1. The lowest BCUT2D eigenvalue weighted by Crippen LogP contribution is -2.37. The summed E-state index contributed by atoms with van der Waals surface area (Å²) in [6, 6.07) is 15.8. The zero-order valence-corrected chi connectivity index (χ0v) is 11.3. The van der Waals surface area contributed by atoms with Gasteiger partial charge in [-0.3, -0.25) is 4.79 Å².